The number of benzene rings is 1. The average molecular weight is 260 g/mol. The van der Waals surface area contributed by atoms with Crippen LogP contribution in [0, 0.1) is 6.92 Å². The third kappa shape index (κ3) is 1.92. The van der Waals surface area contributed by atoms with Crippen LogP contribution in [-0.4, -0.2) is 23.8 Å². The summed E-state index contributed by atoms with van der Waals surface area (Å²) in [6.45, 7) is 7.90. The molecule has 0 N–H and O–H groups in total. The van der Waals surface area contributed by atoms with Crippen LogP contribution in [0.4, 0.5) is 0 Å². The Kier molecular flexibility index (Phi) is 2.63. The van der Waals surface area contributed by atoms with Crippen LogP contribution in [0.15, 0.2) is 24.3 Å². The Bertz CT molecular complexity index is 517. The molecule has 2 aliphatic rings. The van der Waals surface area contributed by atoms with Crippen LogP contribution in [0.1, 0.15) is 38.3 Å². The second-order valence-corrected chi connectivity index (χ2v) is 6.40. The zero-order chi connectivity index (χ0) is 13.8. The van der Waals surface area contributed by atoms with Gasteiger partial charge in [-0.3, -0.25) is 4.79 Å². The van der Waals surface area contributed by atoms with Crippen LogP contribution in [-0.2, 0) is 19.7 Å². The lowest BCUT2D eigenvalue weighted by atomic mass is 9.78. The van der Waals surface area contributed by atoms with Crippen molar-refractivity contribution in [1.82, 2.24) is 0 Å². The molecule has 3 rings (SSSR count). The molecule has 1 aliphatic carbocycles. The largest absolute Gasteiger partial charge is 0.343 e. The first-order valence-electron chi connectivity index (χ1n) is 6.77. The number of ether oxygens (including phenoxy) is 2. The monoisotopic (exact) mass is 260 g/mol. The first kappa shape index (κ1) is 12.8. The van der Waals surface area contributed by atoms with Crippen molar-refractivity contribution in [2.45, 2.75) is 57.5 Å². The Balaban J connectivity index is 2.00. The summed E-state index contributed by atoms with van der Waals surface area (Å²) < 4.78 is 11.8. The molecule has 3 heteroatoms. The fraction of sp³-hybridized carbons (Fsp3) is 0.562. The first-order chi connectivity index (χ1) is 8.82. The van der Waals surface area contributed by atoms with E-state index in [-0.39, 0.29) is 17.3 Å². The van der Waals surface area contributed by atoms with Gasteiger partial charge in [-0.1, -0.05) is 36.8 Å². The van der Waals surface area contributed by atoms with Gasteiger partial charge in [-0.15, -0.1) is 0 Å². The third-order valence-electron chi connectivity index (χ3n) is 4.29. The summed E-state index contributed by atoms with van der Waals surface area (Å²) in [6.07, 6.45) is -0.111. The van der Waals surface area contributed by atoms with E-state index in [2.05, 4.69) is 38.1 Å². The summed E-state index contributed by atoms with van der Waals surface area (Å²) >= 11 is 0. The smallest absolute Gasteiger partial charge is 0.165 e. The molecule has 0 aromatic heterocycles. The number of aryl methyl sites for hydroxylation is 1. The van der Waals surface area contributed by atoms with Crippen molar-refractivity contribution >= 4 is 5.78 Å². The lowest BCUT2D eigenvalue weighted by Gasteiger charge is -2.31. The second-order valence-electron chi connectivity index (χ2n) is 6.40. The average Bonchev–Trinajstić information content (AvgIpc) is 2.76. The van der Waals surface area contributed by atoms with Gasteiger partial charge in [-0.2, -0.15) is 0 Å². The number of Topliss-reactive ketones (excluding diaryl/α,β-unsaturated/α-hetero) is 1. The zero-order valence-corrected chi connectivity index (χ0v) is 11.9. The Labute approximate surface area is 113 Å². The molecule has 2 fully saturated rings. The molecule has 3 atom stereocenters. The number of fused-ring (bicyclic) bond motifs is 1. The van der Waals surface area contributed by atoms with Crippen LogP contribution in [0.5, 0.6) is 0 Å². The molecule has 0 radical (unpaired) electrons. The normalized spacial score (nSPS) is 36.5. The van der Waals surface area contributed by atoms with Crippen molar-refractivity contribution in [1.29, 1.82) is 0 Å². The van der Waals surface area contributed by atoms with Crippen LogP contribution in [0.3, 0.4) is 0 Å². The minimum Gasteiger partial charge on any atom is -0.343 e. The second kappa shape index (κ2) is 3.90. The van der Waals surface area contributed by atoms with Crippen molar-refractivity contribution in [3.63, 3.8) is 0 Å². The van der Waals surface area contributed by atoms with Crippen molar-refractivity contribution in [3.05, 3.63) is 35.4 Å². The predicted molar refractivity (Wildman–Crippen MR) is 72.0 cm³/mol. The highest BCUT2D eigenvalue weighted by Gasteiger charge is 2.59. The summed E-state index contributed by atoms with van der Waals surface area (Å²) in [5.41, 5.74) is 2.08. The number of carbonyl (C=O) groups excluding carboxylic acids is 1. The lowest BCUT2D eigenvalue weighted by molar-refractivity contribution is -0.164. The number of rotatable bonds is 1. The summed E-state index contributed by atoms with van der Waals surface area (Å²) in [5.74, 6) is -0.518. The molecule has 102 valence electrons. The molecule has 1 aromatic carbocycles. The van der Waals surface area contributed by atoms with E-state index < -0.39 is 11.9 Å². The van der Waals surface area contributed by atoms with E-state index in [1.807, 2.05) is 13.8 Å². The Morgan fingerprint density at radius 1 is 1.11 bits per heavy atom. The van der Waals surface area contributed by atoms with E-state index in [1.54, 1.807) is 0 Å². The highest BCUT2D eigenvalue weighted by molar-refractivity contribution is 5.89. The molecule has 19 heavy (non-hydrogen) atoms. The summed E-state index contributed by atoms with van der Waals surface area (Å²) in [6, 6.07) is 8.36. The van der Waals surface area contributed by atoms with Crippen LogP contribution in [0.2, 0.25) is 0 Å². The Hall–Kier alpha value is -1.19. The molecule has 0 amide bonds. The van der Waals surface area contributed by atoms with E-state index in [4.69, 9.17) is 9.47 Å². The van der Waals surface area contributed by atoms with Gasteiger partial charge in [0.1, 0.15) is 12.2 Å². The zero-order valence-electron chi connectivity index (χ0n) is 11.9. The Morgan fingerprint density at radius 3 is 2.37 bits per heavy atom. The predicted octanol–water partition coefficient (Wildman–Crippen LogP) is 2.75. The maximum absolute atomic E-state index is 12.2. The SMILES string of the molecule is Cc1ccc([C@]2(C)CC(=O)[C@H]3OC(C)(C)O[C@H]32)cc1. The number of hydrogen-bond acceptors (Lipinski definition) is 3. The van der Waals surface area contributed by atoms with E-state index in [0.29, 0.717) is 6.42 Å². The molecule has 1 aliphatic heterocycles. The number of ketones is 1. The molecular weight excluding hydrogens is 240 g/mol. The molecule has 1 saturated carbocycles. The molecule has 1 heterocycles. The third-order valence-corrected chi connectivity index (χ3v) is 4.29. The van der Waals surface area contributed by atoms with Crippen molar-refractivity contribution in [2.24, 2.45) is 0 Å². The van der Waals surface area contributed by atoms with Crippen LogP contribution >= 0.6 is 0 Å². The summed E-state index contributed by atoms with van der Waals surface area (Å²) in [5, 5.41) is 0. The van der Waals surface area contributed by atoms with Gasteiger partial charge in [0.05, 0.1) is 0 Å². The minimum atomic E-state index is -0.669. The van der Waals surface area contributed by atoms with Crippen molar-refractivity contribution in [2.75, 3.05) is 0 Å². The van der Waals surface area contributed by atoms with Gasteiger partial charge >= 0.3 is 0 Å². The van der Waals surface area contributed by atoms with Crippen LogP contribution < -0.4 is 0 Å². The molecule has 0 spiro atoms. The number of hydrogen-bond donors (Lipinski definition) is 0. The molecule has 0 unspecified atom stereocenters. The highest BCUT2D eigenvalue weighted by atomic mass is 16.8. The van der Waals surface area contributed by atoms with E-state index >= 15 is 0 Å². The lowest BCUT2D eigenvalue weighted by Crippen LogP contribution is -2.37. The maximum Gasteiger partial charge on any atom is 0.165 e. The molecule has 0 bridgehead atoms. The first-order valence-corrected chi connectivity index (χ1v) is 6.77. The van der Waals surface area contributed by atoms with Gasteiger partial charge in [0.2, 0.25) is 0 Å². The van der Waals surface area contributed by atoms with Gasteiger partial charge in [0.15, 0.2) is 11.6 Å². The molecular formula is C16H20O3. The van der Waals surface area contributed by atoms with E-state index in [0.717, 1.165) is 5.56 Å². The van der Waals surface area contributed by atoms with E-state index in [1.165, 1.54) is 5.56 Å². The standard InChI is InChI=1S/C16H20O3/c1-10-5-7-11(8-6-10)16(4)9-12(17)13-14(16)19-15(2,3)18-13/h5-8,13-14H,9H2,1-4H3/t13-,14-,16+/m1/s1. The maximum atomic E-state index is 12.2. The number of carbonyl (C=O) groups is 1. The highest BCUT2D eigenvalue weighted by Crippen LogP contribution is 2.48. The summed E-state index contributed by atoms with van der Waals surface area (Å²) in [4.78, 5) is 12.2. The van der Waals surface area contributed by atoms with Crippen LogP contribution in [0.25, 0.3) is 0 Å². The quantitative estimate of drug-likeness (QED) is 0.779. The van der Waals surface area contributed by atoms with Gasteiger partial charge in [-0.05, 0) is 26.3 Å². The topological polar surface area (TPSA) is 35.5 Å². The molecule has 1 aromatic rings. The van der Waals surface area contributed by atoms with Crippen molar-refractivity contribution in [3.8, 4) is 0 Å². The van der Waals surface area contributed by atoms with E-state index in [9.17, 15) is 4.79 Å². The van der Waals surface area contributed by atoms with Crippen molar-refractivity contribution < 1.29 is 14.3 Å². The molecule has 3 nitrogen and oxygen atoms in total. The van der Waals surface area contributed by atoms with Gasteiger partial charge < -0.3 is 9.47 Å². The minimum absolute atomic E-state index is 0.152. The molecule has 1 saturated heterocycles. The Morgan fingerprint density at radius 2 is 1.74 bits per heavy atom. The van der Waals surface area contributed by atoms with Gasteiger partial charge in [0.25, 0.3) is 0 Å². The van der Waals surface area contributed by atoms with Gasteiger partial charge in [-0.25, -0.2) is 0 Å². The fourth-order valence-corrected chi connectivity index (χ4v) is 3.23. The fourth-order valence-electron chi connectivity index (χ4n) is 3.23. The summed E-state index contributed by atoms with van der Waals surface area (Å²) in [7, 11) is 0. The van der Waals surface area contributed by atoms with Gasteiger partial charge in [0, 0.05) is 11.8 Å².